The predicted octanol–water partition coefficient (Wildman–Crippen LogP) is 4.24. The van der Waals surface area contributed by atoms with Gasteiger partial charge in [-0.1, -0.05) is 18.2 Å². The van der Waals surface area contributed by atoms with Gasteiger partial charge in [-0.25, -0.2) is 4.98 Å². The smallest absolute Gasteiger partial charge is 0.243 e. The first-order valence-electron chi connectivity index (χ1n) is 11.1. The first kappa shape index (κ1) is 20.3. The molecule has 164 valence electrons. The summed E-state index contributed by atoms with van der Waals surface area (Å²) in [7, 11) is 2.03. The number of piperidine rings is 1. The summed E-state index contributed by atoms with van der Waals surface area (Å²) in [6.07, 6.45) is 4.93. The van der Waals surface area contributed by atoms with E-state index in [9.17, 15) is 9.59 Å². The minimum absolute atomic E-state index is 0.0228. The van der Waals surface area contributed by atoms with Crippen molar-refractivity contribution in [2.45, 2.75) is 38.8 Å². The fraction of sp³-hybridized carbons (Fsp3) is 0.320. The summed E-state index contributed by atoms with van der Waals surface area (Å²) in [5.74, 6) is 0.925. The Morgan fingerprint density at radius 2 is 1.88 bits per heavy atom. The zero-order valence-electron chi connectivity index (χ0n) is 18.4. The molecule has 0 saturated carbocycles. The minimum atomic E-state index is -0.111. The zero-order valence-corrected chi connectivity index (χ0v) is 18.4. The number of aromatic nitrogens is 3. The number of carbonyl (C=O) groups excluding carboxylic acids is 2. The Hall–Kier alpha value is -3.61. The first-order chi connectivity index (χ1) is 15.5. The van der Waals surface area contributed by atoms with E-state index in [4.69, 9.17) is 4.98 Å². The lowest BCUT2D eigenvalue weighted by Gasteiger charge is -2.35. The van der Waals surface area contributed by atoms with Gasteiger partial charge < -0.3 is 19.4 Å². The molecule has 2 aromatic carbocycles. The van der Waals surface area contributed by atoms with E-state index in [0.717, 1.165) is 59.3 Å². The van der Waals surface area contributed by atoms with E-state index in [1.807, 2.05) is 65.2 Å². The minimum Gasteiger partial charge on any atom is -0.338 e. The number of hydrogen-bond donors (Lipinski definition) is 1. The van der Waals surface area contributed by atoms with Crippen LogP contribution < -0.4 is 5.32 Å². The topological polar surface area (TPSA) is 72.2 Å². The summed E-state index contributed by atoms with van der Waals surface area (Å²) in [5, 5.41) is 3.80. The molecule has 0 bridgehead atoms. The number of anilines is 1. The fourth-order valence-corrected chi connectivity index (χ4v) is 4.86. The van der Waals surface area contributed by atoms with Crippen molar-refractivity contribution in [3.8, 4) is 0 Å². The number of imidazole rings is 1. The molecule has 1 N–H and O–H groups in total. The van der Waals surface area contributed by atoms with Gasteiger partial charge in [0.2, 0.25) is 11.8 Å². The maximum absolute atomic E-state index is 13.5. The van der Waals surface area contributed by atoms with E-state index in [1.54, 1.807) is 0 Å². The second-order valence-electron chi connectivity index (χ2n) is 8.48. The number of fused-ring (bicyclic) bond motifs is 2. The molecule has 1 atom stereocenters. The molecule has 1 unspecified atom stereocenters. The van der Waals surface area contributed by atoms with E-state index in [-0.39, 0.29) is 24.4 Å². The van der Waals surface area contributed by atoms with Crippen molar-refractivity contribution in [1.29, 1.82) is 0 Å². The number of amides is 2. The van der Waals surface area contributed by atoms with Gasteiger partial charge in [-0.2, -0.15) is 0 Å². The van der Waals surface area contributed by atoms with Gasteiger partial charge in [0.15, 0.2) is 0 Å². The Kier molecular flexibility index (Phi) is 5.17. The summed E-state index contributed by atoms with van der Waals surface area (Å²) in [4.78, 5) is 31.9. The van der Waals surface area contributed by atoms with Crippen LogP contribution in [-0.4, -0.2) is 37.4 Å². The van der Waals surface area contributed by atoms with Gasteiger partial charge in [-0.05, 0) is 49.6 Å². The molecule has 4 aromatic rings. The number of aryl methyl sites for hydroxylation is 1. The van der Waals surface area contributed by atoms with Crippen LogP contribution in [0.3, 0.4) is 0 Å². The van der Waals surface area contributed by atoms with Crippen molar-refractivity contribution in [3.05, 3.63) is 60.6 Å². The SMILES string of the molecule is CC(=O)Nc1cccc2c1ccn2CC(=O)N1CCCCC1c1nc2ccccc2n1C. The van der Waals surface area contributed by atoms with Gasteiger partial charge in [0, 0.05) is 32.1 Å². The van der Waals surface area contributed by atoms with E-state index >= 15 is 0 Å². The van der Waals surface area contributed by atoms with Crippen molar-refractivity contribution in [2.24, 2.45) is 7.05 Å². The van der Waals surface area contributed by atoms with Crippen LogP contribution in [0.25, 0.3) is 21.9 Å². The van der Waals surface area contributed by atoms with Crippen molar-refractivity contribution < 1.29 is 9.59 Å². The van der Waals surface area contributed by atoms with Gasteiger partial charge in [0.25, 0.3) is 0 Å². The second-order valence-corrected chi connectivity index (χ2v) is 8.48. The quantitative estimate of drug-likeness (QED) is 0.527. The van der Waals surface area contributed by atoms with Crippen LogP contribution in [0.5, 0.6) is 0 Å². The van der Waals surface area contributed by atoms with Gasteiger partial charge in [0.05, 0.1) is 28.3 Å². The van der Waals surface area contributed by atoms with Crippen molar-refractivity contribution >= 4 is 39.4 Å². The highest BCUT2D eigenvalue weighted by molar-refractivity contribution is 6.01. The highest BCUT2D eigenvalue weighted by Gasteiger charge is 2.31. The summed E-state index contributed by atoms with van der Waals surface area (Å²) in [5.41, 5.74) is 3.74. The van der Waals surface area contributed by atoms with Crippen molar-refractivity contribution in [2.75, 3.05) is 11.9 Å². The third-order valence-corrected chi connectivity index (χ3v) is 6.37. The third kappa shape index (κ3) is 3.53. The number of nitrogens with zero attached hydrogens (tertiary/aromatic N) is 4. The molecular formula is C25H27N5O2. The Morgan fingerprint density at radius 3 is 2.69 bits per heavy atom. The number of benzene rings is 2. The summed E-state index contributed by atoms with van der Waals surface area (Å²) >= 11 is 0. The van der Waals surface area contributed by atoms with Crippen LogP contribution in [0, 0.1) is 0 Å². The van der Waals surface area contributed by atoms with Gasteiger partial charge in [-0.3, -0.25) is 9.59 Å². The van der Waals surface area contributed by atoms with Crippen molar-refractivity contribution in [3.63, 3.8) is 0 Å². The first-order valence-corrected chi connectivity index (χ1v) is 11.1. The zero-order chi connectivity index (χ0) is 22.2. The van der Waals surface area contributed by atoms with Crippen LogP contribution in [0.4, 0.5) is 5.69 Å². The molecule has 3 heterocycles. The lowest BCUT2D eigenvalue weighted by Crippen LogP contribution is -2.41. The molecular weight excluding hydrogens is 402 g/mol. The molecule has 2 amide bonds. The Morgan fingerprint density at radius 1 is 1.06 bits per heavy atom. The summed E-state index contributed by atoms with van der Waals surface area (Å²) in [6, 6.07) is 15.8. The van der Waals surface area contributed by atoms with Crippen LogP contribution in [0.15, 0.2) is 54.7 Å². The molecule has 32 heavy (non-hydrogen) atoms. The molecule has 0 spiro atoms. The summed E-state index contributed by atoms with van der Waals surface area (Å²) in [6.45, 7) is 2.49. The standard InChI is InChI=1S/C25H27N5O2/c1-17(31)26-19-9-7-12-21-18(19)13-15-29(21)16-24(32)30-14-6-5-11-23(30)25-27-20-8-3-4-10-22(20)28(25)2/h3-4,7-10,12-13,15,23H,5-6,11,14,16H2,1-2H3,(H,26,31). The molecule has 1 fully saturated rings. The monoisotopic (exact) mass is 429 g/mol. The fourth-order valence-electron chi connectivity index (χ4n) is 4.86. The Balaban J connectivity index is 1.44. The molecule has 1 aliphatic heterocycles. The molecule has 0 radical (unpaired) electrons. The highest BCUT2D eigenvalue weighted by Crippen LogP contribution is 2.33. The van der Waals surface area contributed by atoms with E-state index in [1.165, 1.54) is 6.92 Å². The molecule has 7 heteroatoms. The molecule has 7 nitrogen and oxygen atoms in total. The highest BCUT2D eigenvalue weighted by atomic mass is 16.2. The van der Waals surface area contributed by atoms with E-state index < -0.39 is 0 Å². The second kappa shape index (κ2) is 8.15. The number of rotatable bonds is 4. The third-order valence-electron chi connectivity index (χ3n) is 6.37. The maximum atomic E-state index is 13.5. The normalized spacial score (nSPS) is 16.6. The average molecular weight is 430 g/mol. The molecule has 1 saturated heterocycles. The lowest BCUT2D eigenvalue weighted by atomic mass is 10.0. The number of likely N-dealkylation sites (tertiary alicyclic amines) is 1. The molecule has 0 aliphatic carbocycles. The predicted molar refractivity (Wildman–Crippen MR) is 125 cm³/mol. The Bertz CT molecular complexity index is 1320. The van der Waals surface area contributed by atoms with E-state index in [0.29, 0.717) is 0 Å². The number of para-hydroxylation sites is 2. The van der Waals surface area contributed by atoms with Gasteiger partial charge >= 0.3 is 0 Å². The van der Waals surface area contributed by atoms with Gasteiger partial charge in [0.1, 0.15) is 12.4 Å². The largest absolute Gasteiger partial charge is 0.338 e. The number of nitrogens with one attached hydrogen (secondary N) is 1. The van der Waals surface area contributed by atoms with Crippen molar-refractivity contribution in [1.82, 2.24) is 19.0 Å². The number of hydrogen-bond acceptors (Lipinski definition) is 3. The van der Waals surface area contributed by atoms with Crippen LogP contribution in [0.2, 0.25) is 0 Å². The van der Waals surface area contributed by atoms with Crippen LogP contribution >= 0.6 is 0 Å². The van der Waals surface area contributed by atoms with Crippen LogP contribution in [0.1, 0.15) is 38.1 Å². The molecule has 5 rings (SSSR count). The molecule has 2 aromatic heterocycles. The van der Waals surface area contributed by atoms with Gasteiger partial charge in [-0.15, -0.1) is 0 Å². The average Bonchev–Trinajstić information content (AvgIpc) is 3.35. The maximum Gasteiger partial charge on any atom is 0.243 e. The molecule has 1 aliphatic rings. The summed E-state index contributed by atoms with van der Waals surface area (Å²) < 4.78 is 4.08. The lowest BCUT2D eigenvalue weighted by molar-refractivity contribution is -0.135. The van der Waals surface area contributed by atoms with E-state index in [2.05, 4.69) is 16.0 Å². The van der Waals surface area contributed by atoms with Crippen LogP contribution in [-0.2, 0) is 23.2 Å². The number of carbonyl (C=O) groups is 2. The Labute approximate surface area is 186 Å².